The molecule has 0 unspecified atom stereocenters. The lowest BCUT2D eigenvalue weighted by Gasteiger charge is -2.33. The third kappa shape index (κ3) is 3.47. The molecule has 0 N–H and O–H groups in total. The number of carbonyl (C=O) groups is 2. The van der Waals surface area contributed by atoms with Crippen molar-refractivity contribution in [1.82, 2.24) is 4.90 Å². The summed E-state index contributed by atoms with van der Waals surface area (Å²) < 4.78 is 11.2. The second-order valence-electron chi connectivity index (χ2n) is 6.75. The number of rotatable bonds is 2. The van der Waals surface area contributed by atoms with E-state index in [-0.39, 0.29) is 12.0 Å². The summed E-state index contributed by atoms with van der Waals surface area (Å²) in [5, 5.41) is 0. The number of nitrogens with zero attached hydrogens (tertiary/aromatic N) is 1. The fraction of sp³-hybridized carbons (Fsp3) is 0.857. The molecule has 0 spiro atoms. The lowest BCUT2D eigenvalue weighted by atomic mass is 10.0. The number of aldehydes is 1. The van der Waals surface area contributed by atoms with Crippen molar-refractivity contribution in [2.75, 3.05) is 0 Å². The maximum absolute atomic E-state index is 12.3. The molecule has 0 aromatic heterocycles. The minimum atomic E-state index is -0.844. The average molecular weight is 271 g/mol. The van der Waals surface area contributed by atoms with Gasteiger partial charge in [0.2, 0.25) is 0 Å². The van der Waals surface area contributed by atoms with E-state index in [0.717, 1.165) is 6.29 Å². The number of hydrogen-bond acceptors (Lipinski definition) is 4. The number of ether oxygens (including phenoxy) is 2. The van der Waals surface area contributed by atoms with Crippen molar-refractivity contribution in [3.63, 3.8) is 0 Å². The Morgan fingerprint density at radius 1 is 1.37 bits per heavy atom. The maximum Gasteiger partial charge on any atom is 0.413 e. The molecule has 1 fully saturated rings. The first kappa shape index (κ1) is 16.0. The summed E-state index contributed by atoms with van der Waals surface area (Å²) in [5.74, 6) is 0.141. The van der Waals surface area contributed by atoms with Gasteiger partial charge in [-0.2, -0.15) is 0 Å². The number of amides is 1. The van der Waals surface area contributed by atoms with Crippen molar-refractivity contribution >= 4 is 12.4 Å². The lowest BCUT2D eigenvalue weighted by molar-refractivity contribution is -0.113. The van der Waals surface area contributed by atoms with Crippen molar-refractivity contribution in [3.05, 3.63) is 0 Å². The lowest BCUT2D eigenvalue weighted by Crippen LogP contribution is -2.51. The van der Waals surface area contributed by atoms with E-state index in [9.17, 15) is 9.59 Å². The Morgan fingerprint density at radius 2 is 1.89 bits per heavy atom. The fourth-order valence-corrected chi connectivity index (χ4v) is 2.29. The zero-order valence-corrected chi connectivity index (χ0v) is 12.9. The summed E-state index contributed by atoms with van der Waals surface area (Å²) in [7, 11) is 0. The summed E-state index contributed by atoms with van der Waals surface area (Å²) in [6, 6.07) is -0.607. The van der Waals surface area contributed by atoms with E-state index >= 15 is 0 Å². The Kier molecular flexibility index (Phi) is 4.30. The van der Waals surface area contributed by atoms with Crippen molar-refractivity contribution in [2.45, 2.75) is 71.9 Å². The Labute approximate surface area is 115 Å². The van der Waals surface area contributed by atoms with Gasteiger partial charge in [-0.25, -0.2) is 4.79 Å². The standard InChI is InChI=1S/C14H25NO4/c1-9(2)11-10(8-16)15(14(6,7)18-11)12(17)19-13(3,4)5/h8-11H,1-7H3/t10-,11-/m1/s1. The van der Waals surface area contributed by atoms with Crippen LogP contribution in [0.4, 0.5) is 4.79 Å². The van der Waals surface area contributed by atoms with E-state index in [1.807, 2.05) is 13.8 Å². The van der Waals surface area contributed by atoms with Crippen LogP contribution in [0.1, 0.15) is 48.5 Å². The molecule has 1 aliphatic heterocycles. The molecule has 0 aromatic carbocycles. The van der Waals surface area contributed by atoms with Crippen LogP contribution in [0.2, 0.25) is 0 Å². The van der Waals surface area contributed by atoms with Gasteiger partial charge in [0.25, 0.3) is 0 Å². The van der Waals surface area contributed by atoms with Crippen LogP contribution in [0, 0.1) is 5.92 Å². The highest BCUT2D eigenvalue weighted by molar-refractivity contribution is 5.75. The molecule has 1 saturated heterocycles. The van der Waals surface area contributed by atoms with Crippen molar-refractivity contribution in [1.29, 1.82) is 0 Å². The minimum Gasteiger partial charge on any atom is -0.444 e. The average Bonchev–Trinajstić information content (AvgIpc) is 2.46. The van der Waals surface area contributed by atoms with E-state index < -0.39 is 23.5 Å². The molecule has 5 nitrogen and oxygen atoms in total. The third-order valence-corrected chi connectivity index (χ3v) is 3.03. The van der Waals surface area contributed by atoms with Crippen LogP contribution >= 0.6 is 0 Å². The molecule has 0 aromatic rings. The van der Waals surface area contributed by atoms with Crippen molar-refractivity contribution in [3.8, 4) is 0 Å². The first-order valence-electron chi connectivity index (χ1n) is 6.65. The van der Waals surface area contributed by atoms with Gasteiger partial charge in [0.05, 0.1) is 6.10 Å². The monoisotopic (exact) mass is 271 g/mol. The van der Waals surface area contributed by atoms with E-state index in [4.69, 9.17) is 9.47 Å². The Balaban J connectivity index is 3.02. The van der Waals surface area contributed by atoms with Gasteiger partial charge in [-0.3, -0.25) is 4.90 Å². The summed E-state index contributed by atoms with van der Waals surface area (Å²) in [6.07, 6.45) is -0.0543. The highest BCUT2D eigenvalue weighted by Crippen LogP contribution is 2.35. The van der Waals surface area contributed by atoms with Gasteiger partial charge in [-0.1, -0.05) is 13.8 Å². The second kappa shape index (κ2) is 5.12. The van der Waals surface area contributed by atoms with Gasteiger partial charge in [0.1, 0.15) is 23.7 Å². The van der Waals surface area contributed by atoms with Gasteiger partial charge in [0.15, 0.2) is 0 Å². The van der Waals surface area contributed by atoms with Crippen LogP contribution in [0.3, 0.4) is 0 Å². The first-order chi connectivity index (χ1) is 8.49. The Hall–Kier alpha value is -1.10. The topological polar surface area (TPSA) is 55.8 Å². The van der Waals surface area contributed by atoms with Crippen molar-refractivity contribution in [2.24, 2.45) is 5.92 Å². The van der Waals surface area contributed by atoms with E-state index in [1.54, 1.807) is 34.6 Å². The second-order valence-corrected chi connectivity index (χ2v) is 6.75. The van der Waals surface area contributed by atoms with Crippen LogP contribution in [-0.4, -0.2) is 40.8 Å². The summed E-state index contributed by atoms with van der Waals surface area (Å²) in [4.78, 5) is 25.0. The van der Waals surface area contributed by atoms with E-state index in [0.29, 0.717) is 0 Å². The molecule has 1 rings (SSSR count). The molecule has 0 bridgehead atoms. The van der Waals surface area contributed by atoms with Crippen LogP contribution in [0.5, 0.6) is 0 Å². The smallest absolute Gasteiger partial charge is 0.413 e. The molecule has 0 radical (unpaired) electrons. The molecule has 2 atom stereocenters. The molecule has 0 saturated carbocycles. The predicted octanol–water partition coefficient (Wildman–Crippen LogP) is 2.58. The van der Waals surface area contributed by atoms with Gasteiger partial charge in [0, 0.05) is 0 Å². The van der Waals surface area contributed by atoms with Gasteiger partial charge in [-0.15, -0.1) is 0 Å². The Morgan fingerprint density at radius 3 is 2.26 bits per heavy atom. The highest BCUT2D eigenvalue weighted by Gasteiger charge is 2.52. The molecule has 1 amide bonds. The highest BCUT2D eigenvalue weighted by atomic mass is 16.6. The number of hydrogen-bond donors (Lipinski definition) is 0. The number of carbonyl (C=O) groups excluding carboxylic acids is 2. The van der Waals surface area contributed by atoms with Crippen LogP contribution < -0.4 is 0 Å². The van der Waals surface area contributed by atoms with Gasteiger partial charge < -0.3 is 14.3 Å². The molecule has 19 heavy (non-hydrogen) atoms. The summed E-state index contributed by atoms with van der Waals surface area (Å²) >= 11 is 0. The zero-order valence-electron chi connectivity index (χ0n) is 12.9. The van der Waals surface area contributed by atoms with Gasteiger partial charge >= 0.3 is 6.09 Å². The SMILES string of the molecule is CC(C)[C@H]1OC(C)(C)N(C(=O)OC(C)(C)C)[C@@H]1C=O. The quantitative estimate of drug-likeness (QED) is 0.724. The maximum atomic E-state index is 12.3. The molecular formula is C14H25NO4. The van der Waals surface area contributed by atoms with Crippen LogP contribution in [0.25, 0.3) is 0 Å². The largest absolute Gasteiger partial charge is 0.444 e. The van der Waals surface area contributed by atoms with Crippen molar-refractivity contribution < 1.29 is 19.1 Å². The summed E-state index contributed by atoms with van der Waals surface area (Å²) in [6.45, 7) is 12.9. The fourth-order valence-electron chi connectivity index (χ4n) is 2.29. The molecule has 0 aliphatic carbocycles. The normalized spacial score (nSPS) is 26.6. The molecule has 110 valence electrons. The Bertz CT molecular complexity index is 357. The molecular weight excluding hydrogens is 246 g/mol. The van der Waals surface area contributed by atoms with E-state index in [2.05, 4.69) is 0 Å². The van der Waals surface area contributed by atoms with E-state index in [1.165, 1.54) is 4.90 Å². The van der Waals surface area contributed by atoms with Crippen LogP contribution in [0.15, 0.2) is 0 Å². The van der Waals surface area contributed by atoms with Gasteiger partial charge in [-0.05, 0) is 40.5 Å². The van der Waals surface area contributed by atoms with Crippen LogP contribution in [-0.2, 0) is 14.3 Å². The minimum absolute atomic E-state index is 0.141. The molecule has 5 heteroatoms. The first-order valence-corrected chi connectivity index (χ1v) is 6.65. The zero-order chi connectivity index (χ0) is 15.0. The summed E-state index contributed by atoms with van der Waals surface area (Å²) in [5.41, 5.74) is -1.45. The predicted molar refractivity (Wildman–Crippen MR) is 71.7 cm³/mol. The molecule has 1 aliphatic rings. The third-order valence-electron chi connectivity index (χ3n) is 3.03. The molecule has 1 heterocycles.